The van der Waals surface area contributed by atoms with Crippen LogP contribution in [-0.2, 0) is 11.2 Å². The van der Waals surface area contributed by atoms with E-state index in [0.29, 0.717) is 5.56 Å². The fourth-order valence-corrected chi connectivity index (χ4v) is 2.73. The van der Waals surface area contributed by atoms with Crippen molar-refractivity contribution in [2.45, 2.75) is 6.42 Å². The van der Waals surface area contributed by atoms with Crippen molar-refractivity contribution in [3.63, 3.8) is 0 Å². The molecule has 0 atom stereocenters. The lowest BCUT2D eigenvalue weighted by Gasteiger charge is -2.03. The number of hydrogen-bond acceptors (Lipinski definition) is 8. The number of benzene rings is 2. The molecule has 3 rings (SSSR count). The number of nitrogens with zero attached hydrogens (tertiary/aromatic N) is 3. The predicted molar refractivity (Wildman–Crippen MR) is 110 cm³/mol. The van der Waals surface area contributed by atoms with Crippen LogP contribution in [-0.4, -0.2) is 33.0 Å². The molecule has 0 aliphatic heterocycles. The van der Waals surface area contributed by atoms with Gasteiger partial charge in [0.25, 0.3) is 11.4 Å². The number of non-ortho nitro benzene ring substituents is 2. The molecule has 32 heavy (non-hydrogen) atoms. The lowest BCUT2D eigenvalue weighted by molar-refractivity contribution is -0.385. The van der Waals surface area contributed by atoms with Gasteiger partial charge in [-0.1, -0.05) is 12.1 Å². The van der Waals surface area contributed by atoms with Gasteiger partial charge in [0, 0.05) is 29.8 Å². The van der Waals surface area contributed by atoms with Gasteiger partial charge in [-0.05, 0) is 23.8 Å². The number of carbonyl (C=O) groups excluding carboxylic acids is 1. The maximum atomic E-state index is 11.9. The zero-order chi connectivity index (χ0) is 23.3. The summed E-state index contributed by atoms with van der Waals surface area (Å²) >= 11 is 0. The standard InChI is InChI=1S/C20H14N4O8/c25-19(9-12-1-3-13(4-2-12)23(28)29)22-21-11-15-6-8-18(32-15)16-7-5-14(24(30)31)10-17(16)20(26)27/h1-8,10-11H,9H2,(H,22,25)(H,26,27)/b21-11-. The minimum Gasteiger partial charge on any atom is -0.478 e. The number of amides is 1. The van der Waals surface area contributed by atoms with E-state index in [1.54, 1.807) is 0 Å². The van der Waals surface area contributed by atoms with Crippen LogP contribution >= 0.6 is 0 Å². The van der Waals surface area contributed by atoms with E-state index in [-0.39, 0.29) is 40.4 Å². The summed E-state index contributed by atoms with van der Waals surface area (Å²) in [5.74, 6) is -1.47. The summed E-state index contributed by atoms with van der Waals surface area (Å²) in [4.78, 5) is 43.7. The molecule has 2 N–H and O–H groups in total. The van der Waals surface area contributed by atoms with Gasteiger partial charge in [0.15, 0.2) is 0 Å². The molecule has 0 radical (unpaired) electrons. The number of aromatic carboxylic acids is 1. The van der Waals surface area contributed by atoms with Crippen molar-refractivity contribution in [2.24, 2.45) is 5.10 Å². The molecule has 0 aliphatic rings. The van der Waals surface area contributed by atoms with Crippen LogP contribution in [0.15, 0.2) is 64.1 Å². The Hall–Kier alpha value is -4.87. The van der Waals surface area contributed by atoms with Crippen molar-refractivity contribution in [3.8, 4) is 11.3 Å². The predicted octanol–water partition coefficient (Wildman–Crippen LogP) is 3.15. The lowest BCUT2D eigenvalue weighted by atomic mass is 10.0. The smallest absolute Gasteiger partial charge is 0.336 e. The maximum absolute atomic E-state index is 11.9. The first-order chi connectivity index (χ1) is 15.2. The Morgan fingerprint density at radius 2 is 1.66 bits per heavy atom. The van der Waals surface area contributed by atoms with Crippen molar-refractivity contribution in [3.05, 3.63) is 91.7 Å². The third-order valence-electron chi connectivity index (χ3n) is 4.23. The van der Waals surface area contributed by atoms with Gasteiger partial charge in [-0.2, -0.15) is 5.10 Å². The first kappa shape index (κ1) is 21.8. The van der Waals surface area contributed by atoms with Gasteiger partial charge in [-0.15, -0.1) is 0 Å². The van der Waals surface area contributed by atoms with Gasteiger partial charge in [0.05, 0.1) is 28.0 Å². The van der Waals surface area contributed by atoms with E-state index in [1.165, 1.54) is 48.7 Å². The third kappa shape index (κ3) is 5.18. The third-order valence-corrected chi connectivity index (χ3v) is 4.23. The van der Waals surface area contributed by atoms with Crippen molar-refractivity contribution in [1.29, 1.82) is 0 Å². The molecule has 0 spiro atoms. The van der Waals surface area contributed by atoms with Crippen molar-refractivity contribution < 1.29 is 29.0 Å². The van der Waals surface area contributed by atoms with Crippen molar-refractivity contribution in [1.82, 2.24) is 5.43 Å². The number of nitro benzene ring substituents is 2. The molecular weight excluding hydrogens is 424 g/mol. The fraction of sp³-hybridized carbons (Fsp3) is 0.0500. The zero-order valence-electron chi connectivity index (χ0n) is 16.1. The molecule has 0 saturated carbocycles. The Bertz CT molecular complexity index is 1230. The second-order valence-electron chi connectivity index (χ2n) is 6.39. The number of carboxylic acids is 1. The Balaban J connectivity index is 1.66. The zero-order valence-corrected chi connectivity index (χ0v) is 16.1. The van der Waals surface area contributed by atoms with E-state index >= 15 is 0 Å². The van der Waals surface area contributed by atoms with E-state index in [4.69, 9.17) is 4.42 Å². The first-order valence-electron chi connectivity index (χ1n) is 8.92. The van der Waals surface area contributed by atoms with E-state index < -0.39 is 21.7 Å². The van der Waals surface area contributed by atoms with Gasteiger partial charge in [0.1, 0.15) is 11.5 Å². The molecule has 0 unspecified atom stereocenters. The summed E-state index contributed by atoms with van der Waals surface area (Å²) in [7, 11) is 0. The average Bonchev–Trinajstić information content (AvgIpc) is 3.22. The Kier molecular flexibility index (Phi) is 6.34. The number of carbonyl (C=O) groups is 2. The van der Waals surface area contributed by atoms with Crippen LogP contribution in [0.5, 0.6) is 0 Å². The minimum atomic E-state index is -1.35. The molecule has 1 aromatic heterocycles. The number of hydrogen-bond donors (Lipinski definition) is 2. The highest BCUT2D eigenvalue weighted by atomic mass is 16.6. The van der Waals surface area contributed by atoms with Crippen LogP contribution in [0.4, 0.5) is 11.4 Å². The summed E-state index contributed by atoms with van der Waals surface area (Å²) in [6.07, 6.45) is 1.15. The monoisotopic (exact) mass is 438 g/mol. The Morgan fingerprint density at radius 1 is 1.00 bits per heavy atom. The number of rotatable bonds is 8. The van der Waals surface area contributed by atoms with Gasteiger partial charge >= 0.3 is 5.97 Å². The maximum Gasteiger partial charge on any atom is 0.336 e. The summed E-state index contributed by atoms with van der Waals surface area (Å²) in [6, 6.07) is 11.8. The van der Waals surface area contributed by atoms with Crippen LogP contribution in [0.1, 0.15) is 21.7 Å². The van der Waals surface area contributed by atoms with Gasteiger partial charge in [-0.25, -0.2) is 10.2 Å². The molecule has 3 aromatic rings. The van der Waals surface area contributed by atoms with E-state index in [9.17, 15) is 34.9 Å². The van der Waals surface area contributed by atoms with Gasteiger partial charge < -0.3 is 9.52 Å². The number of nitrogens with one attached hydrogen (secondary N) is 1. The van der Waals surface area contributed by atoms with Crippen LogP contribution in [0, 0.1) is 20.2 Å². The number of furan rings is 1. The molecular formula is C20H14N4O8. The minimum absolute atomic E-state index is 0.0521. The molecule has 1 amide bonds. The SMILES string of the molecule is O=C(Cc1ccc([N+](=O)[O-])cc1)N/N=C\c1ccc(-c2ccc([N+](=O)[O-])cc2C(=O)O)o1. The lowest BCUT2D eigenvalue weighted by Crippen LogP contribution is -2.19. The molecule has 12 nitrogen and oxygen atoms in total. The summed E-state index contributed by atoms with van der Waals surface area (Å²) in [6.45, 7) is 0. The molecule has 162 valence electrons. The summed E-state index contributed by atoms with van der Waals surface area (Å²) in [5.41, 5.74) is 2.24. The molecule has 0 bridgehead atoms. The van der Waals surface area contributed by atoms with Gasteiger partial charge in [-0.3, -0.25) is 25.0 Å². The highest BCUT2D eigenvalue weighted by Crippen LogP contribution is 2.28. The largest absolute Gasteiger partial charge is 0.478 e. The quantitative estimate of drug-likeness (QED) is 0.306. The van der Waals surface area contributed by atoms with Crippen LogP contribution in [0.3, 0.4) is 0 Å². The average molecular weight is 438 g/mol. The Labute approximate surface area is 179 Å². The summed E-state index contributed by atoms with van der Waals surface area (Å²) < 4.78 is 5.50. The first-order valence-corrected chi connectivity index (χ1v) is 8.92. The second-order valence-corrected chi connectivity index (χ2v) is 6.39. The topological polar surface area (TPSA) is 178 Å². The normalized spacial score (nSPS) is 10.8. The molecule has 0 fully saturated rings. The molecule has 1 heterocycles. The van der Waals surface area contributed by atoms with E-state index in [1.807, 2.05) is 0 Å². The van der Waals surface area contributed by atoms with E-state index in [2.05, 4.69) is 10.5 Å². The molecule has 12 heteroatoms. The van der Waals surface area contributed by atoms with Crippen LogP contribution in [0.25, 0.3) is 11.3 Å². The highest BCUT2D eigenvalue weighted by Gasteiger charge is 2.19. The molecule has 0 saturated heterocycles. The molecule has 0 aliphatic carbocycles. The number of hydrazone groups is 1. The Morgan fingerprint density at radius 3 is 2.28 bits per heavy atom. The molecule has 2 aromatic carbocycles. The van der Waals surface area contributed by atoms with Crippen LogP contribution in [0.2, 0.25) is 0 Å². The van der Waals surface area contributed by atoms with E-state index in [0.717, 1.165) is 12.1 Å². The number of carboxylic acid groups (broad SMARTS) is 1. The van der Waals surface area contributed by atoms with Crippen molar-refractivity contribution in [2.75, 3.05) is 0 Å². The summed E-state index contributed by atoms with van der Waals surface area (Å²) in [5, 5.41) is 34.6. The van der Waals surface area contributed by atoms with Crippen LogP contribution < -0.4 is 5.43 Å². The number of nitro groups is 2. The fourth-order valence-electron chi connectivity index (χ4n) is 2.73. The second kappa shape index (κ2) is 9.30. The van der Waals surface area contributed by atoms with Gasteiger partial charge in [0.2, 0.25) is 5.91 Å². The highest BCUT2D eigenvalue weighted by molar-refractivity contribution is 5.96. The van der Waals surface area contributed by atoms with Crippen molar-refractivity contribution >= 4 is 29.5 Å².